The van der Waals surface area contributed by atoms with E-state index in [1.807, 2.05) is 36.1 Å². The van der Waals surface area contributed by atoms with Gasteiger partial charge in [-0.1, -0.05) is 13.0 Å². The molecule has 0 saturated carbocycles. The smallest absolute Gasteiger partial charge is 0.308 e. The second-order valence-corrected chi connectivity index (χ2v) is 4.36. The lowest BCUT2D eigenvalue weighted by Crippen LogP contribution is -2.31. The molecule has 1 unspecified atom stereocenters. The van der Waals surface area contributed by atoms with E-state index < -0.39 is 11.9 Å². The van der Waals surface area contributed by atoms with Crippen molar-refractivity contribution >= 4 is 11.7 Å². The number of rotatable bonds is 8. The first-order valence-electron chi connectivity index (χ1n) is 6.40. The molecule has 1 aromatic rings. The van der Waals surface area contributed by atoms with Crippen LogP contribution in [0.5, 0.6) is 5.75 Å². The van der Waals surface area contributed by atoms with Crippen LogP contribution in [0.25, 0.3) is 0 Å². The van der Waals surface area contributed by atoms with E-state index in [2.05, 4.69) is 6.58 Å². The average Bonchev–Trinajstić information content (AvgIpc) is 2.39. The summed E-state index contributed by atoms with van der Waals surface area (Å²) in [6, 6.07) is 7.65. The van der Waals surface area contributed by atoms with Crippen molar-refractivity contribution in [2.24, 2.45) is 5.92 Å². The van der Waals surface area contributed by atoms with Gasteiger partial charge in [-0.05, 0) is 31.2 Å². The van der Waals surface area contributed by atoms with Gasteiger partial charge in [-0.2, -0.15) is 0 Å². The Kier molecular flexibility index (Phi) is 5.93. The van der Waals surface area contributed by atoms with Crippen molar-refractivity contribution in [2.45, 2.75) is 13.8 Å². The van der Waals surface area contributed by atoms with Gasteiger partial charge in [0, 0.05) is 18.8 Å². The van der Waals surface area contributed by atoms with Crippen LogP contribution in [0.15, 0.2) is 36.9 Å². The maximum Gasteiger partial charge on any atom is 0.308 e. The summed E-state index contributed by atoms with van der Waals surface area (Å²) in [6.45, 7) is 9.05. The lowest BCUT2D eigenvalue weighted by atomic mass is 10.1. The first-order chi connectivity index (χ1) is 9.08. The Balaban J connectivity index is 2.80. The van der Waals surface area contributed by atoms with Gasteiger partial charge in [0.2, 0.25) is 0 Å². The van der Waals surface area contributed by atoms with Gasteiger partial charge in [0.25, 0.3) is 0 Å². The number of ether oxygens (including phenoxy) is 1. The normalized spacial score (nSPS) is 11.7. The van der Waals surface area contributed by atoms with Gasteiger partial charge in [0.15, 0.2) is 0 Å². The average molecular weight is 263 g/mol. The maximum absolute atomic E-state index is 10.9. The van der Waals surface area contributed by atoms with Crippen molar-refractivity contribution in [2.75, 3.05) is 24.6 Å². The van der Waals surface area contributed by atoms with Crippen LogP contribution in [0, 0.1) is 5.92 Å². The van der Waals surface area contributed by atoms with Crippen molar-refractivity contribution in [3.8, 4) is 5.75 Å². The first-order valence-corrected chi connectivity index (χ1v) is 6.40. The molecule has 0 saturated heterocycles. The molecule has 0 spiro atoms. The molecule has 0 aliphatic carbocycles. The number of hydrogen-bond acceptors (Lipinski definition) is 3. The van der Waals surface area contributed by atoms with Crippen molar-refractivity contribution in [1.29, 1.82) is 0 Å². The van der Waals surface area contributed by atoms with Crippen LogP contribution in [0.2, 0.25) is 0 Å². The Hall–Kier alpha value is -1.97. The summed E-state index contributed by atoms with van der Waals surface area (Å²) < 4.78 is 5.39. The van der Waals surface area contributed by atoms with Crippen LogP contribution in [0.4, 0.5) is 5.69 Å². The highest BCUT2D eigenvalue weighted by Crippen LogP contribution is 2.20. The summed E-state index contributed by atoms with van der Waals surface area (Å²) in [4.78, 5) is 12.9. The number of aliphatic carboxylic acids is 1. The molecule has 0 fully saturated rings. The summed E-state index contributed by atoms with van der Waals surface area (Å²) in [5.41, 5.74) is 0.969. The number of carbonyl (C=O) groups is 1. The SMILES string of the molecule is C=CCN(CC(C)C(=O)O)c1ccc(OCC)cc1. The molecule has 1 atom stereocenters. The zero-order valence-corrected chi connectivity index (χ0v) is 11.5. The molecule has 0 amide bonds. The highest BCUT2D eigenvalue weighted by molar-refractivity contribution is 5.70. The fraction of sp³-hybridized carbons (Fsp3) is 0.400. The zero-order valence-electron chi connectivity index (χ0n) is 11.5. The molecular formula is C15H21NO3. The van der Waals surface area contributed by atoms with Crippen molar-refractivity contribution in [3.63, 3.8) is 0 Å². The summed E-state index contributed by atoms with van der Waals surface area (Å²) >= 11 is 0. The largest absolute Gasteiger partial charge is 0.494 e. The monoisotopic (exact) mass is 263 g/mol. The summed E-state index contributed by atoms with van der Waals surface area (Å²) in [5.74, 6) is -0.400. The Morgan fingerprint density at radius 3 is 2.58 bits per heavy atom. The number of carboxylic acid groups (broad SMARTS) is 1. The van der Waals surface area contributed by atoms with Gasteiger partial charge >= 0.3 is 5.97 Å². The Bertz CT molecular complexity index is 414. The molecule has 1 aromatic carbocycles. The second-order valence-electron chi connectivity index (χ2n) is 4.36. The highest BCUT2D eigenvalue weighted by atomic mass is 16.5. The number of nitrogens with zero attached hydrogens (tertiary/aromatic N) is 1. The fourth-order valence-electron chi connectivity index (χ4n) is 1.77. The number of benzene rings is 1. The van der Waals surface area contributed by atoms with Crippen LogP contribution < -0.4 is 9.64 Å². The van der Waals surface area contributed by atoms with E-state index in [0.29, 0.717) is 19.7 Å². The molecule has 0 aliphatic rings. The third kappa shape index (κ3) is 4.66. The minimum atomic E-state index is -0.792. The van der Waals surface area contributed by atoms with Crippen molar-refractivity contribution < 1.29 is 14.6 Å². The van der Waals surface area contributed by atoms with Gasteiger partial charge in [-0.3, -0.25) is 4.79 Å². The Labute approximate surface area is 114 Å². The molecule has 4 heteroatoms. The predicted octanol–water partition coefficient (Wildman–Crippen LogP) is 2.80. The first kappa shape index (κ1) is 15.1. The summed E-state index contributed by atoms with van der Waals surface area (Å²) in [6.07, 6.45) is 1.77. The fourth-order valence-corrected chi connectivity index (χ4v) is 1.77. The van der Waals surface area contributed by atoms with Crippen LogP contribution in [0.3, 0.4) is 0 Å². The molecule has 1 rings (SSSR count). The Morgan fingerprint density at radius 2 is 2.11 bits per heavy atom. The van der Waals surface area contributed by atoms with Crippen LogP contribution in [-0.4, -0.2) is 30.8 Å². The van der Waals surface area contributed by atoms with Gasteiger partial charge in [0.1, 0.15) is 5.75 Å². The third-order valence-corrected chi connectivity index (χ3v) is 2.78. The number of carboxylic acids is 1. The minimum absolute atomic E-state index is 0.425. The molecular weight excluding hydrogens is 242 g/mol. The van der Waals surface area contributed by atoms with Gasteiger partial charge in [-0.25, -0.2) is 0 Å². The molecule has 19 heavy (non-hydrogen) atoms. The standard InChI is InChI=1S/C15H21NO3/c1-4-10-16(11-12(3)15(17)18)13-6-8-14(9-7-13)19-5-2/h4,6-9,12H,1,5,10-11H2,2-3H3,(H,17,18). The number of anilines is 1. The van der Waals surface area contributed by atoms with E-state index in [0.717, 1.165) is 11.4 Å². The highest BCUT2D eigenvalue weighted by Gasteiger charge is 2.15. The lowest BCUT2D eigenvalue weighted by molar-refractivity contribution is -0.140. The zero-order chi connectivity index (χ0) is 14.3. The lowest BCUT2D eigenvalue weighted by Gasteiger charge is -2.25. The van der Waals surface area contributed by atoms with Crippen LogP contribution in [0.1, 0.15) is 13.8 Å². The molecule has 0 radical (unpaired) electrons. The van der Waals surface area contributed by atoms with E-state index in [-0.39, 0.29) is 0 Å². The molecule has 1 N–H and O–H groups in total. The topological polar surface area (TPSA) is 49.8 Å². The predicted molar refractivity (Wildman–Crippen MR) is 76.8 cm³/mol. The molecule has 0 heterocycles. The van der Waals surface area contributed by atoms with E-state index >= 15 is 0 Å². The molecule has 104 valence electrons. The Morgan fingerprint density at radius 1 is 1.47 bits per heavy atom. The summed E-state index contributed by atoms with van der Waals surface area (Å²) in [5, 5.41) is 8.99. The molecule has 4 nitrogen and oxygen atoms in total. The van der Waals surface area contributed by atoms with Crippen molar-refractivity contribution in [1.82, 2.24) is 0 Å². The van der Waals surface area contributed by atoms with E-state index in [4.69, 9.17) is 9.84 Å². The third-order valence-electron chi connectivity index (χ3n) is 2.78. The van der Waals surface area contributed by atoms with Gasteiger partial charge < -0.3 is 14.7 Å². The van der Waals surface area contributed by atoms with Crippen LogP contribution >= 0.6 is 0 Å². The second kappa shape index (κ2) is 7.46. The maximum atomic E-state index is 10.9. The van der Waals surface area contributed by atoms with E-state index in [1.54, 1.807) is 13.0 Å². The van der Waals surface area contributed by atoms with Crippen molar-refractivity contribution in [3.05, 3.63) is 36.9 Å². The quantitative estimate of drug-likeness (QED) is 0.733. The minimum Gasteiger partial charge on any atom is -0.494 e. The molecule has 0 aromatic heterocycles. The van der Waals surface area contributed by atoms with Gasteiger partial charge in [0.05, 0.1) is 12.5 Å². The molecule has 0 aliphatic heterocycles. The van der Waals surface area contributed by atoms with Crippen LogP contribution in [-0.2, 0) is 4.79 Å². The number of hydrogen-bond donors (Lipinski definition) is 1. The summed E-state index contributed by atoms with van der Waals surface area (Å²) in [7, 11) is 0. The van der Waals surface area contributed by atoms with Gasteiger partial charge in [-0.15, -0.1) is 6.58 Å². The van der Waals surface area contributed by atoms with E-state index in [9.17, 15) is 4.79 Å². The van der Waals surface area contributed by atoms with E-state index in [1.165, 1.54) is 0 Å². The molecule has 0 bridgehead atoms.